The fraction of sp³-hybridized carbons (Fsp3) is 0.0370. The van der Waals surface area contributed by atoms with Crippen LogP contribution >= 0.6 is 22.7 Å². The van der Waals surface area contributed by atoms with Crippen molar-refractivity contribution in [2.75, 3.05) is 5.32 Å². The summed E-state index contributed by atoms with van der Waals surface area (Å²) in [5.74, 6) is -1.07. The van der Waals surface area contributed by atoms with Gasteiger partial charge in [0.1, 0.15) is 5.69 Å². The summed E-state index contributed by atoms with van der Waals surface area (Å²) < 4.78 is 0. The number of rotatable bonds is 2. The molecule has 160 valence electrons. The van der Waals surface area contributed by atoms with Crippen LogP contribution in [0, 0.1) is 0 Å². The van der Waals surface area contributed by atoms with Crippen molar-refractivity contribution in [3.8, 4) is 32.1 Å². The first kappa shape index (κ1) is 19.9. The molecule has 0 unspecified atom stereocenters. The molecule has 0 atom stereocenters. The summed E-state index contributed by atoms with van der Waals surface area (Å²) in [7, 11) is 0. The van der Waals surface area contributed by atoms with Crippen molar-refractivity contribution in [1.29, 1.82) is 0 Å². The average Bonchev–Trinajstić information content (AvgIpc) is 3.65. The zero-order valence-corrected chi connectivity index (χ0v) is 19.1. The van der Waals surface area contributed by atoms with Crippen molar-refractivity contribution in [3.05, 3.63) is 100 Å². The molecule has 0 fully saturated rings. The molecule has 5 aromatic rings. The Morgan fingerprint density at radius 2 is 1.27 bits per heavy atom. The van der Waals surface area contributed by atoms with Crippen LogP contribution in [-0.2, 0) is 11.2 Å². The molecule has 6 heteroatoms. The number of hydrogen-bond acceptors (Lipinski definition) is 4. The number of carbonyl (C=O) groups is 2. The second-order valence-electron chi connectivity index (χ2n) is 7.85. The molecule has 0 saturated carbocycles. The van der Waals surface area contributed by atoms with Crippen LogP contribution in [0.25, 0.3) is 32.1 Å². The lowest BCUT2D eigenvalue weighted by atomic mass is 10.1. The number of amides is 1. The third kappa shape index (κ3) is 3.35. The Morgan fingerprint density at radius 1 is 0.667 bits per heavy atom. The van der Waals surface area contributed by atoms with Gasteiger partial charge >= 0.3 is 0 Å². The van der Waals surface area contributed by atoms with E-state index in [4.69, 9.17) is 0 Å². The normalized spacial score (nSPS) is 13.1. The Balaban J connectivity index is 0.000000137. The van der Waals surface area contributed by atoms with Gasteiger partial charge in [0.2, 0.25) is 0 Å². The smallest absolute Gasteiger partial charge is 0.298 e. The van der Waals surface area contributed by atoms with Gasteiger partial charge in [0.25, 0.3) is 11.7 Å². The van der Waals surface area contributed by atoms with E-state index in [9.17, 15) is 9.59 Å². The highest BCUT2D eigenvalue weighted by Crippen LogP contribution is 2.45. The predicted octanol–water partition coefficient (Wildman–Crippen LogP) is 6.86. The molecule has 0 spiro atoms. The molecule has 1 aliphatic heterocycles. The molecule has 33 heavy (non-hydrogen) atoms. The lowest BCUT2D eigenvalue weighted by Gasteiger charge is -2.03. The van der Waals surface area contributed by atoms with Crippen LogP contribution < -0.4 is 5.32 Å². The van der Waals surface area contributed by atoms with E-state index in [-0.39, 0.29) is 0 Å². The number of aromatic nitrogens is 1. The van der Waals surface area contributed by atoms with E-state index in [0.717, 1.165) is 27.4 Å². The fourth-order valence-corrected chi connectivity index (χ4v) is 5.95. The topological polar surface area (TPSA) is 62.0 Å². The van der Waals surface area contributed by atoms with Crippen molar-refractivity contribution < 1.29 is 9.59 Å². The standard InChI is InChI=1S/C14H8N2O2S2.C13H10/c17-13-12-11(16-14(13)18)9(7-3-1-5-19-7)10(15-12)8-4-2-6-20-8;1-3-7-12-10(5-1)9-11-6-2-4-8-13(11)12/h1-6,15H,(H,16,17,18);1-8H,9H2. The second-order valence-corrected chi connectivity index (χ2v) is 9.75. The Bertz CT molecular complexity index is 1450. The van der Waals surface area contributed by atoms with E-state index in [2.05, 4.69) is 58.8 Å². The minimum atomic E-state index is -0.568. The number of aromatic amines is 1. The zero-order valence-electron chi connectivity index (χ0n) is 17.4. The molecule has 4 nitrogen and oxygen atoms in total. The second kappa shape index (κ2) is 7.99. The predicted molar refractivity (Wildman–Crippen MR) is 135 cm³/mol. The van der Waals surface area contributed by atoms with Crippen molar-refractivity contribution in [3.63, 3.8) is 0 Å². The average molecular weight is 467 g/mol. The zero-order chi connectivity index (χ0) is 22.4. The number of ketones is 1. The first-order valence-electron chi connectivity index (χ1n) is 10.6. The van der Waals surface area contributed by atoms with Gasteiger partial charge in [0.15, 0.2) is 0 Å². The fourth-order valence-electron chi connectivity index (χ4n) is 4.43. The van der Waals surface area contributed by atoms with Crippen molar-refractivity contribution in [2.24, 2.45) is 0 Å². The van der Waals surface area contributed by atoms with Gasteiger partial charge < -0.3 is 10.3 Å². The van der Waals surface area contributed by atoms with Crippen LogP contribution in [-0.4, -0.2) is 16.7 Å². The minimum absolute atomic E-state index is 0.363. The number of anilines is 1. The van der Waals surface area contributed by atoms with Crippen molar-refractivity contribution in [2.45, 2.75) is 6.42 Å². The number of nitrogens with one attached hydrogen (secondary N) is 2. The van der Waals surface area contributed by atoms with Crippen LogP contribution in [0.1, 0.15) is 21.6 Å². The summed E-state index contributed by atoms with van der Waals surface area (Å²) in [6.45, 7) is 0. The number of H-pyrrole nitrogens is 1. The molecule has 1 aliphatic carbocycles. The number of fused-ring (bicyclic) bond motifs is 4. The van der Waals surface area contributed by atoms with Gasteiger partial charge in [0, 0.05) is 10.4 Å². The number of hydrogen-bond donors (Lipinski definition) is 2. The van der Waals surface area contributed by atoms with Gasteiger partial charge in [-0.15, -0.1) is 22.7 Å². The molecule has 3 aromatic heterocycles. The van der Waals surface area contributed by atoms with Crippen molar-refractivity contribution in [1.82, 2.24) is 4.98 Å². The van der Waals surface area contributed by atoms with Gasteiger partial charge in [-0.3, -0.25) is 9.59 Å². The molecule has 1 amide bonds. The van der Waals surface area contributed by atoms with E-state index >= 15 is 0 Å². The molecule has 0 bridgehead atoms. The highest BCUT2D eigenvalue weighted by atomic mass is 32.1. The van der Waals surface area contributed by atoms with Gasteiger partial charge in [-0.05, 0) is 51.6 Å². The number of Topliss-reactive ketones (excluding diaryl/α,β-unsaturated/α-hetero) is 1. The maximum atomic E-state index is 11.9. The monoisotopic (exact) mass is 466 g/mol. The summed E-state index contributed by atoms with van der Waals surface area (Å²) in [6.07, 6.45) is 1.10. The Morgan fingerprint density at radius 3 is 1.88 bits per heavy atom. The van der Waals surface area contributed by atoms with Gasteiger partial charge in [-0.25, -0.2) is 0 Å². The summed E-state index contributed by atoms with van der Waals surface area (Å²) in [5.41, 5.74) is 8.51. The first-order valence-corrected chi connectivity index (χ1v) is 12.3. The van der Waals surface area contributed by atoms with Crippen molar-refractivity contribution >= 4 is 40.1 Å². The van der Waals surface area contributed by atoms with Crippen LogP contribution in [0.4, 0.5) is 5.69 Å². The van der Waals surface area contributed by atoms with E-state index in [1.54, 1.807) is 22.7 Å². The molecule has 2 aliphatic rings. The molecule has 7 rings (SSSR count). The Kier molecular flexibility index (Phi) is 4.82. The number of benzene rings is 2. The van der Waals surface area contributed by atoms with Crippen LogP contribution in [0.15, 0.2) is 83.6 Å². The third-order valence-corrected chi connectivity index (χ3v) is 7.69. The summed E-state index contributed by atoms with van der Waals surface area (Å²) in [5, 5.41) is 6.64. The summed E-state index contributed by atoms with van der Waals surface area (Å²) in [6, 6.07) is 25.2. The van der Waals surface area contributed by atoms with Gasteiger partial charge in [-0.2, -0.15) is 0 Å². The largest absolute Gasteiger partial charge is 0.349 e. The summed E-state index contributed by atoms with van der Waals surface area (Å²) >= 11 is 3.18. The quantitative estimate of drug-likeness (QED) is 0.274. The molecular formula is C27H18N2O2S2. The van der Waals surface area contributed by atoms with E-state index < -0.39 is 11.7 Å². The number of thiophene rings is 2. The Labute approximate surface area is 198 Å². The first-order chi connectivity index (χ1) is 16.2. The van der Waals surface area contributed by atoms with E-state index in [0.29, 0.717) is 11.4 Å². The molecule has 2 N–H and O–H groups in total. The van der Waals surface area contributed by atoms with Gasteiger partial charge in [-0.1, -0.05) is 60.7 Å². The maximum absolute atomic E-state index is 11.9. The summed E-state index contributed by atoms with van der Waals surface area (Å²) in [4.78, 5) is 28.6. The van der Waals surface area contributed by atoms with Crippen LogP contribution in [0.3, 0.4) is 0 Å². The molecular weight excluding hydrogens is 448 g/mol. The third-order valence-electron chi connectivity index (χ3n) is 5.91. The lowest BCUT2D eigenvalue weighted by Crippen LogP contribution is -2.14. The highest BCUT2D eigenvalue weighted by Gasteiger charge is 2.35. The van der Waals surface area contributed by atoms with Crippen LogP contribution in [0.5, 0.6) is 0 Å². The van der Waals surface area contributed by atoms with E-state index in [1.807, 2.05) is 35.0 Å². The SMILES string of the molecule is O=C1Nc2c([nH]c(-c3cccs3)c2-c2cccs2)C1=O.c1ccc2c(c1)Cc1ccccc1-2. The molecule has 0 radical (unpaired) electrons. The van der Waals surface area contributed by atoms with Gasteiger partial charge in [0.05, 0.1) is 16.3 Å². The lowest BCUT2D eigenvalue weighted by molar-refractivity contribution is -0.112. The molecule has 4 heterocycles. The molecule has 2 aromatic carbocycles. The van der Waals surface area contributed by atoms with E-state index in [1.165, 1.54) is 22.3 Å². The Hall–Kier alpha value is -3.74. The van der Waals surface area contributed by atoms with Crippen LogP contribution in [0.2, 0.25) is 0 Å². The minimum Gasteiger partial charge on any atom is -0.349 e. The molecule has 0 saturated heterocycles. The highest BCUT2D eigenvalue weighted by molar-refractivity contribution is 7.14. The number of carbonyl (C=O) groups excluding carboxylic acids is 2. The maximum Gasteiger partial charge on any atom is 0.298 e.